The van der Waals surface area contributed by atoms with Gasteiger partial charge < -0.3 is 10.6 Å². The van der Waals surface area contributed by atoms with E-state index in [-0.39, 0.29) is 24.4 Å². The van der Waals surface area contributed by atoms with E-state index >= 15 is 0 Å². The molecule has 106 valence electrons. The predicted octanol–water partition coefficient (Wildman–Crippen LogP) is 1.41. The number of hydrogen-bond donors (Lipinski definition) is 1. The molecule has 0 spiro atoms. The Morgan fingerprint density at radius 2 is 2.37 bits per heavy atom. The molecule has 2 N–H and O–H groups in total. The zero-order chi connectivity index (χ0) is 13.0. The number of carbonyl (C=O) groups is 1. The minimum Gasteiger partial charge on any atom is -0.337 e. The zero-order valence-electron chi connectivity index (χ0n) is 11.2. The molecule has 6 heteroatoms. The molecule has 1 fully saturated rings. The summed E-state index contributed by atoms with van der Waals surface area (Å²) in [4.78, 5) is 22.4. The smallest absolute Gasteiger partial charge is 0.257 e. The standard InChI is InChI=1S/C13H20N4O.ClH/c1-2-4-12-11(7-15-9-16-12)13(18)17-6-3-5-10(14)8-17;/h7,9-10H,2-6,8,14H2,1H3;1H. The molecule has 1 amide bonds. The molecular weight excluding hydrogens is 264 g/mol. The fourth-order valence-electron chi connectivity index (χ4n) is 2.33. The quantitative estimate of drug-likeness (QED) is 0.911. The van der Waals surface area contributed by atoms with Crippen LogP contribution in [0.15, 0.2) is 12.5 Å². The molecule has 0 bridgehead atoms. The Labute approximate surface area is 120 Å². The average Bonchev–Trinajstić information content (AvgIpc) is 2.39. The molecule has 2 rings (SSSR count). The molecule has 0 saturated carbocycles. The Hall–Kier alpha value is -1.20. The van der Waals surface area contributed by atoms with Gasteiger partial charge in [-0.05, 0) is 19.3 Å². The van der Waals surface area contributed by atoms with Gasteiger partial charge in [0.15, 0.2) is 0 Å². The average molecular weight is 285 g/mol. The highest BCUT2D eigenvalue weighted by molar-refractivity contribution is 5.95. The van der Waals surface area contributed by atoms with Gasteiger partial charge in [0.05, 0.1) is 11.3 Å². The van der Waals surface area contributed by atoms with Gasteiger partial charge in [-0.25, -0.2) is 9.97 Å². The van der Waals surface area contributed by atoms with Crippen LogP contribution in [0, 0.1) is 0 Å². The van der Waals surface area contributed by atoms with Crippen molar-refractivity contribution in [1.82, 2.24) is 14.9 Å². The number of hydrogen-bond acceptors (Lipinski definition) is 4. The molecule has 1 unspecified atom stereocenters. The van der Waals surface area contributed by atoms with Crippen LogP contribution >= 0.6 is 12.4 Å². The summed E-state index contributed by atoms with van der Waals surface area (Å²) in [7, 11) is 0. The van der Waals surface area contributed by atoms with Gasteiger partial charge in [-0.15, -0.1) is 12.4 Å². The van der Waals surface area contributed by atoms with E-state index in [1.54, 1.807) is 6.20 Å². The summed E-state index contributed by atoms with van der Waals surface area (Å²) in [6.07, 6.45) is 6.88. The van der Waals surface area contributed by atoms with Crippen LogP contribution in [0.3, 0.4) is 0 Å². The van der Waals surface area contributed by atoms with E-state index in [1.165, 1.54) is 6.33 Å². The molecule has 0 aliphatic carbocycles. The van der Waals surface area contributed by atoms with E-state index in [1.807, 2.05) is 4.90 Å². The predicted molar refractivity (Wildman–Crippen MR) is 76.4 cm³/mol. The summed E-state index contributed by atoms with van der Waals surface area (Å²) < 4.78 is 0. The molecule has 1 aliphatic rings. The number of nitrogens with zero attached hydrogens (tertiary/aromatic N) is 3. The molecule has 1 saturated heterocycles. The number of halogens is 1. The number of nitrogens with two attached hydrogens (primary N) is 1. The van der Waals surface area contributed by atoms with Crippen LogP contribution < -0.4 is 5.73 Å². The summed E-state index contributed by atoms with van der Waals surface area (Å²) in [5, 5.41) is 0. The van der Waals surface area contributed by atoms with Gasteiger partial charge in [0.2, 0.25) is 0 Å². The second kappa shape index (κ2) is 7.40. The van der Waals surface area contributed by atoms with E-state index in [9.17, 15) is 4.79 Å². The summed E-state index contributed by atoms with van der Waals surface area (Å²) in [6.45, 7) is 3.50. The molecule has 0 radical (unpaired) electrons. The number of aryl methyl sites for hydroxylation is 1. The van der Waals surface area contributed by atoms with E-state index in [4.69, 9.17) is 5.73 Å². The molecule has 1 atom stereocenters. The maximum Gasteiger partial charge on any atom is 0.257 e. The largest absolute Gasteiger partial charge is 0.337 e. The highest BCUT2D eigenvalue weighted by Gasteiger charge is 2.24. The number of rotatable bonds is 3. The number of aromatic nitrogens is 2. The first-order chi connectivity index (χ1) is 8.72. The van der Waals surface area contributed by atoms with E-state index in [2.05, 4.69) is 16.9 Å². The van der Waals surface area contributed by atoms with Crippen molar-refractivity contribution in [2.45, 2.75) is 38.6 Å². The summed E-state index contributed by atoms with van der Waals surface area (Å²) in [6, 6.07) is 0.0990. The zero-order valence-corrected chi connectivity index (χ0v) is 12.0. The molecule has 19 heavy (non-hydrogen) atoms. The fourth-order valence-corrected chi connectivity index (χ4v) is 2.33. The summed E-state index contributed by atoms with van der Waals surface area (Å²) in [5.74, 6) is 0.0224. The Morgan fingerprint density at radius 1 is 1.58 bits per heavy atom. The Bertz CT molecular complexity index is 427. The number of amides is 1. The van der Waals surface area contributed by atoms with Crippen LogP contribution in [0.1, 0.15) is 42.2 Å². The molecule has 0 aromatic carbocycles. The van der Waals surface area contributed by atoms with Crippen LogP contribution in [0.5, 0.6) is 0 Å². The van der Waals surface area contributed by atoms with Crippen molar-refractivity contribution in [2.75, 3.05) is 13.1 Å². The first kappa shape index (κ1) is 15.9. The van der Waals surface area contributed by atoms with Crippen molar-refractivity contribution in [3.8, 4) is 0 Å². The normalized spacial score (nSPS) is 18.8. The SMILES string of the molecule is CCCc1ncncc1C(=O)N1CCCC(N)C1.Cl. The minimum absolute atomic E-state index is 0. The van der Waals surface area contributed by atoms with Gasteiger partial charge in [0.1, 0.15) is 6.33 Å². The lowest BCUT2D eigenvalue weighted by atomic mass is 10.0. The van der Waals surface area contributed by atoms with Crippen LogP contribution in [0.2, 0.25) is 0 Å². The molecular formula is C13H21ClN4O. The van der Waals surface area contributed by atoms with E-state index in [0.29, 0.717) is 12.1 Å². The highest BCUT2D eigenvalue weighted by Crippen LogP contribution is 2.15. The first-order valence-corrected chi connectivity index (χ1v) is 6.56. The van der Waals surface area contributed by atoms with Crippen molar-refractivity contribution >= 4 is 18.3 Å². The lowest BCUT2D eigenvalue weighted by Crippen LogP contribution is -2.46. The third-order valence-corrected chi connectivity index (χ3v) is 3.26. The maximum atomic E-state index is 12.4. The molecule has 1 aromatic rings. The highest BCUT2D eigenvalue weighted by atomic mass is 35.5. The third kappa shape index (κ3) is 3.88. The van der Waals surface area contributed by atoms with Crippen LogP contribution in [0.4, 0.5) is 0 Å². The van der Waals surface area contributed by atoms with Crippen molar-refractivity contribution in [3.05, 3.63) is 23.8 Å². The van der Waals surface area contributed by atoms with Crippen molar-refractivity contribution in [2.24, 2.45) is 5.73 Å². The monoisotopic (exact) mass is 284 g/mol. The summed E-state index contributed by atoms with van der Waals surface area (Å²) in [5.41, 5.74) is 7.39. The number of carbonyl (C=O) groups excluding carboxylic acids is 1. The summed E-state index contributed by atoms with van der Waals surface area (Å²) >= 11 is 0. The van der Waals surface area contributed by atoms with Crippen molar-refractivity contribution in [1.29, 1.82) is 0 Å². The second-order valence-electron chi connectivity index (χ2n) is 4.79. The molecule has 5 nitrogen and oxygen atoms in total. The fraction of sp³-hybridized carbons (Fsp3) is 0.615. The van der Waals surface area contributed by atoms with Crippen LogP contribution in [-0.2, 0) is 6.42 Å². The van der Waals surface area contributed by atoms with Gasteiger partial charge in [-0.2, -0.15) is 0 Å². The Kier molecular flexibility index (Phi) is 6.18. The second-order valence-corrected chi connectivity index (χ2v) is 4.79. The molecule has 1 aliphatic heterocycles. The Morgan fingerprint density at radius 3 is 3.05 bits per heavy atom. The lowest BCUT2D eigenvalue weighted by Gasteiger charge is -2.31. The van der Waals surface area contributed by atoms with Crippen molar-refractivity contribution in [3.63, 3.8) is 0 Å². The van der Waals surface area contributed by atoms with Gasteiger partial charge in [0.25, 0.3) is 5.91 Å². The van der Waals surface area contributed by atoms with Gasteiger partial charge >= 0.3 is 0 Å². The van der Waals surface area contributed by atoms with Gasteiger partial charge in [-0.3, -0.25) is 4.79 Å². The van der Waals surface area contributed by atoms with E-state index in [0.717, 1.165) is 37.9 Å². The Balaban J connectivity index is 0.00000180. The molecule has 1 aromatic heterocycles. The van der Waals surface area contributed by atoms with Crippen LogP contribution in [-0.4, -0.2) is 39.9 Å². The number of likely N-dealkylation sites (tertiary alicyclic amines) is 1. The topological polar surface area (TPSA) is 72.1 Å². The third-order valence-electron chi connectivity index (χ3n) is 3.26. The van der Waals surface area contributed by atoms with E-state index < -0.39 is 0 Å². The number of piperidine rings is 1. The van der Waals surface area contributed by atoms with Gasteiger partial charge in [0, 0.05) is 25.3 Å². The molecule has 2 heterocycles. The first-order valence-electron chi connectivity index (χ1n) is 6.56. The van der Waals surface area contributed by atoms with Crippen molar-refractivity contribution < 1.29 is 4.79 Å². The minimum atomic E-state index is 0. The maximum absolute atomic E-state index is 12.4. The van der Waals surface area contributed by atoms with Crippen LogP contribution in [0.25, 0.3) is 0 Å². The lowest BCUT2D eigenvalue weighted by molar-refractivity contribution is 0.0706. The van der Waals surface area contributed by atoms with Gasteiger partial charge in [-0.1, -0.05) is 13.3 Å².